The van der Waals surface area contributed by atoms with E-state index in [2.05, 4.69) is 17.6 Å². The second-order valence-electron chi connectivity index (χ2n) is 9.91. The quantitative estimate of drug-likeness (QED) is 0.272. The molecule has 7 nitrogen and oxygen atoms in total. The summed E-state index contributed by atoms with van der Waals surface area (Å²) < 4.78 is 5.39. The molecule has 0 aliphatic carbocycles. The normalized spacial score (nSPS) is 13.1. The van der Waals surface area contributed by atoms with Crippen molar-refractivity contribution in [1.29, 1.82) is 0 Å². The van der Waals surface area contributed by atoms with Gasteiger partial charge in [0.1, 0.15) is 0 Å². The fraction of sp³-hybridized carbons (Fsp3) is 0.375. The lowest BCUT2D eigenvalue weighted by atomic mass is 10.0. The average Bonchev–Trinajstić information content (AvgIpc) is 2.99. The van der Waals surface area contributed by atoms with Crippen molar-refractivity contribution in [3.05, 3.63) is 78.4 Å². The zero-order valence-electron chi connectivity index (χ0n) is 23.1. The van der Waals surface area contributed by atoms with E-state index in [0.717, 1.165) is 41.0 Å². The third-order valence-corrected chi connectivity index (χ3v) is 7.05. The van der Waals surface area contributed by atoms with Crippen LogP contribution in [0.5, 0.6) is 0 Å². The molecule has 0 saturated carbocycles. The smallest absolute Gasteiger partial charge is 0.321 e. The van der Waals surface area contributed by atoms with E-state index in [1.807, 2.05) is 77.7 Å². The van der Waals surface area contributed by atoms with Crippen LogP contribution in [0.25, 0.3) is 11.1 Å². The molecule has 7 heteroatoms. The molecule has 3 amide bonds. The first-order valence-corrected chi connectivity index (χ1v) is 14.0. The maximum Gasteiger partial charge on any atom is 0.321 e. The zero-order valence-corrected chi connectivity index (χ0v) is 23.1. The van der Waals surface area contributed by atoms with E-state index in [4.69, 9.17) is 4.74 Å². The van der Waals surface area contributed by atoms with E-state index in [9.17, 15) is 9.59 Å². The summed E-state index contributed by atoms with van der Waals surface area (Å²) in [6.07, 6.45) is 5.84. The Morgan fingerprint density at radius 2 is 1.62 bits per heavy atom. The number of rotatable bonds is 11. The number of morpholine rings is 1. The molecule has 2 N–H and O–H groups in total. The van der Waals surface area contributed by atoms with E-state index < -0.39 is 0 Å². The molecule has 3 aromatic rings. The first-order valence-electron chi connectivity index (χ1n) is 14.0. The molecule has 1 heterocycles. The van der Waals surface area contributed by atoms with Gasteiger partial charge in [-0.05, 0) is 53.9 Å². The number of carbonyl (C=O) groups excluding carboxylic acids is 2. The monoisotopic (exact) mass is 528 g/mol. The van der Waals surface area contributed by atoms with Crippen molar-refractivity contribution in [2.24, 2.45) is 0 Å². The summed E-state index contributed by atoms with van der Waals surface area (Å²) in [5.74, 6) is 0.0134. The Labute approximate surface area is 232 Å². The highest BCUT2D eigenvalue weighted by Gasteiger charge is 2.21. The van der Waals surface area contributed by atoms with Crippen molar-refractivity contribution < 1.29 is 14.3 Å². The summed E-state index contributed by atoms with van der Waals surface area (Å²) in [4.78, 5) is 29.2. The van der Waals surface area contributed by atoms with Crippen LogP contribution in [-0.2, 0) is 4.74 Å². The van der Waals surface area contributed by atoms with Crippen LogP contribution < -0.4 is 15.5 Å². The number of hydrogen-bond acceptors (Lipinski definition) is 4. The lowest BCUT2D eigenvalue weighted by Crippen LogP contribution is -2.40. The Kier molecular flexibility index (Phi) is 10.4. The van der Waals surface area contributed by atoms with Crippen molar-refractivity contribution in [2.45, 2.75) is 39.0 Å². The van der Waals surface area contributed by atoms with Gasteiger partial charge in [0.25, 0.3) is 5.91 Å². The molecule has 0 radical (unpaired) electrons. The Bertz CT molecular complexity index is 1220. The van der Waals surface area contributed by atoms with Crippen molar-refractivity contribution in [3.8, 4) is 11.1 Å². The molecule has 3 aromatic carbocycles. The van der Waals surface area contributed by atoms with E-state index >= 15 is 0 Å². The summed E-state index contributed by atoms with van der Waals surface area (Å²) in [5.41, 5.74) is 5.24. The molecule has 1 aliphatic rings. The molecule has 1 aliphatic heterocycles. The van der Waals surface area contributed by atoms with Gasteiger partial charge < -0.3 is 20.3 Å². The molecule has 206 valence electrons. The number of para-hydroxylation sites is 1. The van der Waals surface area contributed by atoms with Crippen molar-refractivity contribution in [1.82, 2.24) is 10.2 Å². The number of nitrogens with one attached hydrogen (secondary N) is 2. The third-order valence-electron chi connectivity index (χ3n) is 7.05. The van der Waals surface area contributed by atoms with Gasteiger partial charge in [-0.2, -0.15) is 0 Å². The summed E-state index contributed by atoms with van der Waals surface area (Å²) in [7, 11) is 1.80. The molecule has 1 saturated heterocycles. The molecule has 0 spiro atoms. The number of nitrogens with zero attached hydrogens (tertiary/aromatic N) is 2. The van der Waals surface area contributed by atoms with Gasteiger partial charge in [0.05, 0.1) is 24.5 Å². The van der Waals surface area contributed by atoms with Gasteiger partial charge in [0.15, 0.2) is 0 Å². The topological polar surface area (TPSA) is 73.9 Å². The van der Waals surface area contributed by atoms with Gasteiger partial charge >= 0.3 is 6.03 Å². The van der Waals surface area contributed by atoms with Gasteiger partial charge in [0, 0.05) is 38.1 Å². The van der Waals surface area contributed by atoms with Crippen LogP contribution in [0, 0.1) is 0 Å². The standard InChI is InChI=1S/C32H40N4O3/c1-3-4-5-6-9-19-33-32(38)35(2)28-12-10-11-26(24-28)25-15-17-27(18-16-25)34-30-14-8-7-13-29(30)31(37)36-20-22-39-23-21-36/h7-8,10-18,24,34H,3-6,9,19-23H2,1-2H3,(H,33,38). The molecule has 0 aromatic heterocycles. The molecule has 0 atom stereocenters. The maximum atomic E-state index is 13.1. The number of urea groups is 1. The SMILES string of the molecule is CCCCCCCNC(=O)N(C)c1cccc(-c2ccc(Nc3ccccc3C(=O)N3CCOCC3)cc2)c1. The fourth-order valence-electron chi connectivity index (χ4n) is 4.67. The minimum Gasteiger partial charge on any atom is -0.378 e. The predicted octanol–water partition coefficient (Wildman–Crippen LogP) is 6.69. The number of carbonyl (C=O) groups is 2. The second kappa shape index (κ2) is 14.4. The van der Waals surface area contributed by atoms with Crippen LogP contribution in [0.1, 0.15) is 49.4 Å². The summed E-state index contributed by atoms with van der Waals surface area (Å²) in [6, 6.07) is 23.6. The molecule has 1 fully saturated rings. The number of ether oxygens (including phenoxy) is 1. The Morgan fingerprint density at radius 3 is 2.38 bits per heavy atom. The van der Waals surface area contributed by atoms with Gasteiger partial charge in [-0.3, -0.25) is 9.69 Å². The lowest BCUT2D eigenvalue weighted by Gasteiger charge is -2.27. The van der Waals surface area contributed by atoms with Crippen molar-refractivity contribution >= 4 is 29.0 Å². The average molecular weight is 529 g/mol. The van der Waals surface area contributed by atoms with Crippen LogP contribution >= 0.6 is 0 Å². The largest absolute Gasteiger partial charge is 0.378 e. The van der Waals surface area contributed by atoms with Crippen LogP contribution in [0.15, 0.2) is 72.8 Å². The molecule has 4 rings (SSSR count). The van der Waals surface area contributed by atoms with E-state index in [-0.39, 0.29) is 11.9 Å². The highest BCUT2D eigenvalue weighted by atomic mass is 16.5. The molecule has 39 heavy (non-hydrogen) atoms. The zero-order chi connectivity index (χ0) is 27.5. The highest BCUT2D eigenvalue weighted by molar-refractivity contribution is 6.00. The molecule has 0 unspecified atom stereocenters. The maximum absolute atomic E-state index is 13.1. The van der Waals surface area contributed by atoms with Crippen LogP contribution in [0.4, 0.5) is 21.9 Å². The number of hydrogen-bond donors (Lipinski definition) is 2. The number of amides is 3. The number of unbranched alkanes of at least 4 members (excludes halogenated alkanes) is 4. The summed E-state index contributed by atoms with van der Waals surface area (Å²) >= 11 is 0. The van der Waals surface area contributed by atoms with E-state index in [1.54, 1.807) is 11.9 Å². The Morgan fingerprint density at radius 1 is 0.872 bits per heavy atom. The van der Waals surface area contributed by atoms with E-state index in [0.29, 0.717) is 38.4 Å². The summed E-state index contributed by atoms with van der Waals surface area (Å²) in [6.45, 7) is 5.26. The van der Waals surface area contributed by atoms with Crippen molar-refractivity contribution in [3.63, 3.8) is 0 Å². The molecular weight excluding hydrogens is 488 g/mol. The first kappa shape index (κ1) is 28.2. The van der Waals surface area contributed by atoms with Crippen LogP contribution in [-0.4, -0.2) is 56.7 Å². The first-order chi connectivity index (χ1) is 19.1. The lowest BCUT2D eigenvalue weighted by molar-refractivity contribution is 0.0303. The van der Waals surface area contributed by atoms with Crippen LogP contribution in [0.3, 0.4) is 0 Å². The number of benzene rings is 3. The van der Waals surface area contributed by atoms with Gasteiger partial charge in [-0.25, -0.2) is 4.79 Å². The molecule has 0 bridgehead atoms. The molecular formula is C32H40N4O3. The van der Waals surface area contributed by atoms with E-state index in [1.165, 1.54) is 19.3 Å². The van der Waals surface area contributed by atoms with Crippen LogP contribution in [0.2, 0.25) is 0 Å². The predicted molar refractivity (Wildman–Crippen MR) is 159 cm³/mol. The summed E-state index contributed by atoms with van der Waals surface area (Å²) in [5, 5.41) is 6.44. The Hall–Kier alpha value is -3.84. The second-order valence-corrected chi connectivity index (χ2v) is 9.91. The third kappa shape index (κ3) is 7.83. The van der Waals surface area contributed by atoms with Crippen molar-refractivity contribution in [2.75, 3.05) is 50.1 Å². The number of anilines is 3. The minimum atomic E-state index is -0.0903. The fourth-order valence-corrected chi connectivity index (χ4v) is 4.67. The van der Waals surface area contributed by atoms with Gasteiger partial charge in [0.2, 0.25) is 0 Å². The van der Waals surface area contributed by atoms with Gasteiger partial charge in [-0.1, -0.05) is 69.0 Å². The minimum absolute atomic E-state index is 0.0134. The van der Waals surface area contributed by atoms with Gasteiger partial charge in [-0.15, -0.1) is 0 Å². The Balaban J connectivity index is 1.38. The highest BCUT2D eigenvalue weighted by Crippen LogP contribution is 2.28.